The van der Waals surface area contributed by atoms with Crippen LogP contribution in [0.2, 0.25) is 0 Å². The Bertz CT molecular complexity index is 1130. The predicted octanol–water partition coefficient (Wildman–Crippen LogP) is 4.76. The Hall–Kier alpha value is -2.70. The monoisotopic (exact) mass is 497 g/mol. The first-order valence-electron chi connectivity index (χ1n) is 9.16. The van der Waals surface area contributed by atoms with Gasteiger partial charge in [0.15, 0.2) is 9.84 Å². The summed E-state index contributed by atoms with van der Waals surface area (Å²) in [5.41, 5.74) is -1.17. The topological polar surface area (TPSA) is 80.2 Å². The number of carbonyl (C=O) groups excluding carboxylic acids is 1. The van der Waals surface area contributed by atoms with Crippen LogP contribution in [-0.4, -0.2) is 35.6 Å². The van der Waals surface area contributed by atoms with Crippen molar-refractivity contribution in [3.05, 3.63) is 48.0 Å². The Balaban J connectivity index is 0.00000385. The first-order valence-corrected chi connectivity index (χ1v) is 10.6. The molecule has 13 heteroatoms. The first kappa shape index (κ1) is 26.6. The summed E-state index contributed by atoms with van der Waals surface area (Å²) in [7, 11) is -4.32. The van der Waals surface area contributed by atoms with Crippen molar-refractivity contribution < 1.29 is 39.6 Å². The van der Waals surface area contributed by atoms with E-state index in [1.165, 1.54) is 13.8 Å². The molecule has 0 radical (unpaired) electrons. The Morgan fingerprint density at radius 3 is 2.09 bits per heavy atom. The highest BCUT2D eigenvalue weighted by molar-refractivity contribution is 7.92. The van der Waals surface area contributed by atoms with E-state index < -0.39 is 55.0 Å². The predicted molar refractivity (Wildman–Crippen MR) is 107 cm³/mol. The molecule has 1 saturated heterocycles. The number of benzene rings is 1. The number of halogens is 6. The molecule has 6 nitrogen and oxygen atoms in total. The minimum Gasteiger partial charge on any atom is -0.309 e. The summed E-state index contributed by atoms with van der Waals surface area (Å²) in [4.78, 5) is 19.4. The second kappa shape index (κ2) is 8.58. The van der Waals surface area contributed by atoms with Gasteiger partial charge in [-0.15, -0.1) is 0 Å². The van der Waals surface area contributed by atoms with E-state index in [0.29, 0.717) is 6.07 Å². The van der Waals surface area contributed by atoms with Crippen LogP contribution in [0.1, 0.15) is 39.1 Å². The number of rotatable bonds is 4. The van der Waals surface area contributed by atoms with Crippen molar-refractivity contribution in [2.45, 2.75) is 49.7 Å². The molecular weight excluding hydrogens is 476 g/mol. The lowest BCUT2D eigenvalue weighted by Crippen LogP contribution is -2.41. The van der Waals surface area contributed by atoms with Crippen molar-refractivity contribution in [2.24, 2.45) is 5.92 Å². The smallest absolute Gasteiger partial charge is 0.309 e. The highest BCUT2D eigenvalue weighted by Crippen LogP contribution is 2.40. The molecule has 1 aliphatic rings. The maximum absolute atomic E-state index is 13.2. The average molecular weight is 497 g/mol. The molecule has 0 aliphatic carbocycles. The lowest BCUT2D eigenvalue weighted by molar-refractivity contribution is -0.145. The number of nitrogens with zero attached hydrogens (tertiary/aromatic N) is 3. The van der Waals surface area contributed by atoms with Gasteiger partial charge in [0.2, 0.25) is 11.7 Å². The van der Waals surface area contributed by atoms with E-state index in [1.54, 1.807) is 0 Å². The Labute approximate surface area is 186 Å². The van der Waals surface area contributed by atoms with Crippen molar-refractivity contribution in [1.29, 1.82) is 0 Å². The minimum atomic E-state index is -4.77. The highest BCUT2D eigenvalue weighted by atomic mass is 32.2. The van der Waals surface area contributed by atoms with Gasteiger partial charge in [0.25, 0.3) is 0 Å². The summed E-state index contributed by atoms with van der Waals surface area (Å²) in [6.45, 7) is 2.42. The normalized spacial score (nSPS) is 17.8. The van der Waals surface area contributed by atoms with Crippen LogP contribution in [0.25, 0.3) is 0 Å². The fourth-order valence-corrected chi connectivity index (χ4v) is 5.14. The fraction of sp³-hybridized carbons (Fsp3) is 0.450. The van der Waals surface area contributed by atoms with Crippen LogP contribution in [0, 0.1) is 5.92 Å². The van der Waals surface area contributed by atoms with E-state index in [-0.39, 0.29) is 26.1 Å². The third-order valence-electron chi connectivity index (χ3n) is 5.48. The van der Waals surface area contributed by atoms with Gasteiger partial charge in [-0.05, 0) is 32.0 Å². The van der Waals surface area contributed by atoms with Gasteiger partial charge in [0.1, 0.15) is 0 Å². The van der Waals surface area contributed by atoms with E-state index in [1.807, 2.05) is 0 Å². The van der Waals surface area contributed by atoms with Crippen molar-refractivity contribution >= 4 is 21.4 Å². The molecule has 2 heterocycles. The number of anilines is 1. The van der Waals surface area contributed by atoms with Gasteiger partial charge >= 0.3 is 12.4 Å². The second-order valence-corrected chi connectivity index (χ2v) is 10.3. The van der Waals surface area contributed by atoms with Gasteiger partial charge in [0, 0.05) is 18.9 Å². The maximum Gasteiger partial charge on any atom is 0.451 e. The van der Waals surface area contributed by atoms with Gasteiger partial charge < -0.3 is 4.90 Å². The molecule has 0 saturated carbocycles. The summed E-state index contributed by atoms with van der Waals surface area (Å²) in [6.07, 6.45) is -8.16. The second-order valence-electron chi connectivity index (χ2n) is 7.80. The number of hydrogen-bond donors (Lipinski definition) is 0. The average Bonchev–Trinajstić information content (AvgIpc) is 3.09. The molecule has 1 amide bonds. The SMILES string of the molecule is C.CC(C)(C1CC(=O)N(c2cnc(C(F)(F)F)nc2)C1)S(=O)(=O)c1cccc(C(F)(F)F)c1. The standard InChI is InChI=1S/C19H17F6N3O3S.CH4/c1-17(2,32(30,31)14-5-3-4-11(6-14)18(20,21)22)12-7-15(29)28(10-12)13-8-26-16(27-9-13)19(23,24)25;/h3-6,8-9,12H,7,10H2,1-2H3;1H4. The van der Waals surface area contributed by atoms with Crippen LogP contribution in [-0.2, 0) is 27.0 Å². The molecular formula is C20H21F6N3O3S. The zero-order chi connectivity index (χ0) is 24.1. The zero-order valence-electron chi connectivity index (χ0n) is 16.7. The molecule has 0 spiro atoms. The largest absolute Gasteiger partial charge is 0.451 e. The molecule has 33 heavy (non-hydrogen) atoms. The van der Waals surface area contributed by atoms with Crippen LogP contribution < -0.4 is 4.90 Å². The Kier molecular flexibility index (Phi) is 6.90. The van der Waals surface area contributed by atoms with Gasteiger partial charge in [-0.25, -0.2) is 18.4 Å². The summed E-state index contributed by atoms with van der Waals surface area (Å²) in [5, 5.41) is 0. The lowest BCUT2D eigenvalue weighted by atomic mass is 9.94. The summed E-state index contributed by atoms with van der Waals surface area (Å²) >= 11 is 0. The van der Waals surface area contributed by atoms with Gasteiger partial charge in [-0.1, -0.05) is 13.5 Å². The maximum atomic E-state index is 13.2. The molecule has 1 aromatic heterocycles. The number of sulfone groups is 1. The van der Waals surface area contributed by atoms with Crippen molar-refractivity contribution in [3.63, 3.8) is 0 Å². The van der Waals surface area contributed by atoms with Crippen LogP contribution in [0.3, 0.4) is 0 Å². The van der Waals surface area contributed by atoms with Crippen LogP contribution in [0.15, 0.2) is 41.6 Å². The summed E-state index contributed by atoms with van der Waals surface area (Å²) in [5.74, 6) is -2.81. The molecule has 1 atom stereocenters. The molecule has 182 valence electrons. The first-order chi connectivity index (χ1) is 14.5. The number of amides is 1. The van der Waals surface area contributed by atoms with E-state index in [0.717, 1.165) is 35.5 Å². The summed E-state index contributed by atoms with van der Waals surface area (Å²) in [6, 6.07) is 3.31. The van der Waals surface area contributed by atoms with E-state index in [2.05, 4.69) is 9.97 Å². The molecule has 3 rings (SSSR count). The minimum absolute atomic E-state index is 0. The number of alkyl halides is 6. The summed E-state index contributed by atoms with van der Waals surface area (Å²) < 4.78 is 102. The molecule has 2 aromatic rings. The molecule has 1 unspecified atom stereocenters. The molecule has 0 bridgehead atoms. The van der Waals surface area contributed by atoms with Crippen molar-refractivity contribution in [3.8, 4) is 0 Å². The van der Waals surface area contributed by atoms with E-state index in [9.17, 15) is 39.6 Å². The van der Waals surface area contributed by atoms with Gasteiger partial charge in [-0.2, -0.15) is 26.3 Å². The fourth-order valence-electron chi connectivity index (χ4n) is 3.39. The molecule has 1 aliphatic heterocycles. The lowest BCUT2D eigenvalue weighted by Gasteiger charge is -2.31. The number of carbonyl (C=O) groups is 1. The van der Waals surface area contributed by atoms with Crippen LogP contribution >= 0.6 is 0 Å². The Morgan fingerprint density at radius 2 is 1.58 bits per heavy atom. The van der Waals surface area contributed by atoms with Crippen LogP contribution in [0.4, 0.5) is 32.0 Å². The highest BCUT2D eigenvalue weighted by Gasteiger charge is 2.49. The number of hydrogen-bond acceptors (Lipinski definition) is 5. The molecule has 0 N–H and O–H groups in total. The molecule has 1 aromatic carbocycles. The van der Waals surface area contributed by atoms with Crippen molar-refractivity contribution in [1.82, 2.24) is 9.97 Å². The van der Waals surface area contributed by atoms with E-state index in [4.69, 9.17) is 0 Å². The van der Waals surface area contributed by atoms with Gasteiger partial charge in [0.05, 0.1) is 33.3 Å². The number of aromatic nitrogens is 2. The van der Waals surface area contributed by atoms with Crippen molar-refractivity contribution in [2.75, 3.05) is 11.4 Å². The zero-order valence-corrected chi connectivity index (χ0v) is 17.5. The van der Waals surface area contributed by atoms with Gasteiger partial charge in [-0.3, -0.25) is 4.79 Å². The third-order valence-corrected chi connectivity index (χ3v) is 8.07. The Morgan fingerprint density at radius 1 is 1.00 bits per heavy atom. The quantitative estimate of drug-likeness (QED) is 0.570. The molecule has 1 fully saturated rings. The van der Waals surface area contributed by atoms with Crippen LogP contribution in [0.5, 0.6) is 0 Å². The van der Waals surface area contributed by atoms with E-state index >= 15 is 0 Å². The third kappa shape index (κ3) is 4.97.